The summed E-state index contributed by atoms with van der Waals surface area (Å²) in [5, 5.41) is 18.1. The average Bonchev–Trinajstić information content (AvgIpc) is 3.44. The van der Waals surface area contributed by atoms with Gasteiger partial charge in [0.2, 0.25) is 0 Å². The van der Waals surface area contributed by atoms with E-state index in [1.54, 1.807) is 19.4 Å². The largest absolute Gasteiger partial charge is 0.497 e. The van der Waals surface area contributed by atoms with Crippen LogP contribution in [0, 0.1) is 11.3 Å². The van der Waals surface area contributed by atoms with Crippen molar-refractivity contribution in [3.63, 3.8) is 0 Å². The number of amides is 1. The highest BCUT2D eigenvalue weighted by atomic mass is 16.5. The van der Waals surface area contributed by atoms with E-state index in [0.29, 0.717) is 23.8 Å². The fraction of sp³-hybridized carbons (Fsp3) is 0.320. The predicted molar refractivity (Wildman–Crippen MR) is 127 cm³/mol. The van der Waals surface area contributed by atoms with E-state index >= 15 is 0 Å². The normalized spacial score (nSPS) is 17.2. The summed E-state index contributed by atoms with van der Waals surface area (Å²) in [7, 11) is 1.61. The number of rotatable bonds is 7. The van der Waals surface area contributed by atoms with Crippen molar-refractivity contribution < 1.29 is 9.53 Å². The molecule has 1 atom stereocenters. The predicted octanol–water partition coefficient (Wildman–Crippen LogP) is 4.44. The first-order valence-corrected chi connectivity index (χ1v) is 10.7. The Morgan fingerprint density at radius 2 is 2.16 bits per heavy atom. The third-order valence-electron chi connectivity index (χ3n) is 6.14. The van der Waals surface area contributed by atoms with Crippen LogP contribution in [0.25, 0.3) is 11.1 Å². The molecule has 3 aromatic rings. The number of nitrogens with zero attached hydrogens (tertiary/aromatic N) is 2. The van der Waals surface area contributed by atoms with Crippen LogP contribution in [-0.2, 0) is 0 Å². The first-order valence-electron chi connectivity index (χ1n) is 10.7. The number of aromatic amines is 1. The molecular formula is C25H29N5O2. The zero-order valence-corrected chi connectivity index (χ0v) is 18.7. The standard InChI is InChI=1S/C25H29N5O2/c1-25(2)11-17(16-30(25)24(31)19-5-4-6-22(10-19)32-3)13-27-23-8-7-18(9-20(23)12-26)21-14-28-29-15-21/h4-10,12,14-15,17,26-27H,11,13,16H2,1-3H3,(H,28,29). The van der Waals surface area contributed by atoms with Crippen molar-refractivity contribution in [1.29, 1.82) is 5.41 Å². The molecule has 0 radical (unpaired) electrons. The Bertz CT molecular complexity index is 1110. The van der Waals surface area contributed by atoms with Crippen LogP contribution in [0.15, 0.2) is 54.9 Å². The molecule has 7 nitrogen and oxygen atoms in total. The maximum absolute atomic E-state index is 13.2. The molecule has 1 unspecified atom stereocenters. The van der Waals surface area contributed by atoms with Crippen LogP contribution in [0.3, 0.4) is 0 Å². The van der Waals surface area contributed by atoms with Gasteiger partial charge in [-0.2, -0.15) is 5.10 Å². The molecule has 0 spiro atoms. The quantitative estimate of drug-likeness (QED) is 0.482. The van der Waals surface area contributed by atoms with Gasteiger partial charge in [0.1, 0.15) is 5.75 Å². The molecule has 0 bridgehead atoms. The van der Waals surface area contributed by atoms with Crippen molar-refractivity contribution >= 4 is 17.8 Å². The molecule has 0 aliphatic carbocycles. The molecular weight excluding hydrogens is 402 g/mol. The lowest BCUT2D eigenvalue weighted by atomic mass is 9.96. The number of ether oxygens (including phenoxy) is 1. The van der Waals surface area contributed by atoms with Gasteiger partial charge in [-0.1, -0.05) is 12.1 Å². The van der Waals surface area contributed by atoms with E-state index in [9.17, 15) is 4.79 Å². The SMILES string of the molecule is COc1cccc(C(=O)N2CC(CNc3ccc(-c4cn[nH]c4)cc3C=N)CC2(C)C)c1. The van der Waals surface area contributed by atoms with Crippen LogP contribution in [0.5, 0.6) is 5.75 Å². The van der Waals surface area contributed by atoms with Gasteiger partial charge in [0, 0.05) is 53.4 Å². The molecule has 1 amide bonds. The Hall–Kier alpha value is -3.61. The third-order valence-corrected chi connectivity index (χ3v) is 6.14. The summed E-state index contributed by atoms with van der Waals surface area (Å²) in [6.07, 6.45) is 5.88. The minimum absolute atomic E-state index is 0.0287. The number of benzene rings is 2. The number of aromatic nitrogens is 2. The topological polar surface area (TPSA) is 94.1 Å². The zero-order valence-electron chi connectivity index (χ0n) is 18.7. The smallest absolute Gasteiger partial charge is 0.254 e. The number of carbonyl (C=O) groups excluding carboxylic acids is 1. The van der Waals surface area contributed by atoms with Crippen LogP contribution in [0.2, 0.25) is 0 Å². The molecule has 1 fully saturated rings. The van der Waals surface area contributed by atoms with Gasteiger partial charge in [-0.15, -0.1) is 0 Å². The maximum Gasteiger partial charge on any atom is 0.254 e. The van der Waals surface area contributed by atoms with Gasteiger partial charge in [-0.3, -0.25) is 9.89 Å². The van der Waals surface area contributed by atoms with E-state index in [4.69, 9.17) is 10.1 Å². The number of nitrogens with one attached hydrogen (secondary N) is 3. The minimum atomic E-state index is -0.234. The highest BCUT2D eigenvalue weighted by molar-refractivity contribution is 5.95. The lowest BCUT2D eigenvalue weighted by Crippen LogP contribution is -2.42. The van der Waals surface area contributed by atoms with E-state index in [2.05, 4.69) is 29.4 Å². The molecule has 32 heavy (non-hydrogen) atoms. The van der Waals surface area contributed by atoms with Crippen molar-refractivity contribution in [2.24, 2.45) is 5.92 Å². The van der Waals surface area contributed by atoms with Crippen molar-refractivity contribution in [2.75, 3.05) is 25.5 Å². The van der Waals surface area contributed by atoms with Crippen molar-refractivity contribution in [1.82, 2.24) is 15.1 Å². The van der Waals surface area contributed by atoms with Gasteiger partial charge < -0.3 is 20.4 Å². The Labute approximate surface area is 188 Å². The Kier molecular flexibility index (Phi) is 5.99. The van der Waals surface area contributed by atoms with Crippen molar-refractivity contribution in [2.45, 2.75) is 25.8 Å². The van der Waals surface area contributed by atoms with Gasteiger partial charge in [0.25, 0.3) is 5.91 Å². The molecule has 1 aliphatic heterocycles. The minimum Gasteiger partial charge on any atom is -0.497 e. The summed E-state index contributed by atoms with van der Waals surface area (Å²) in [5.74, 6) is 1.02. The monoisotopic (exact) mass is 431 g/mol. The van der Waals surface area contributed by atoms with Crippen LogP contribution >= 0.6 is 0 Å². The van der Waals surface area contributed by atoms with Gasteiger partial charge in [-0.05, 0) is 62.1 Å². The molecule has 4 rings (SSSR count). The second-order valence-electron chi connectivity index (χ2n) is 8.84. The lowest BCUT2D eigenvalue weighted by molar-refractivity contribution is 0.0649. The number of anilines is 1. The van der Waals surface area contributed by atoms with E-state index in [1.165, 1.54) is 6.21 Å². The lowest BCUT2D eigenvalue weighted by Gasteiger charge is -2.31. The van der Waals surface area contributed by atoms with Gasteiger partial charge >= 0.3 is 0 Å². The van der Waals surface area contributed by atoms with Gasteiger partial charge in [0.15, 0.2) is 0 Å². The summed E-state index contributed by atoms with van der Waals surface area (Å²) in [4.78, 5) is 15.2. The molecule has 2 aromatic carbocycles. The summed E-state index contributed by atoms with van der Waals surface area (Å²) in [5.41, 5.74) is 4.16. The van der Waals surface area contributed by atoms with Crippen molar-refractivity contribution in [3.8, 4) is 16.9 Å². The first-order chi connectivity index (χ1) is 15.4. The molecule has 166 valence electrons. The molecule has 7 heteroatoms. The summed E-state index contributed by atoms with van der Waals surface area (Å²) in [6.45, 7) is 5.65. The van der Waals surface area contributed by atoms with E-state index in [0.717, 1.165) is 35.3 Å². The van der Waals surface area contributed by atoms with E-state index in [-0.39, 0.29) is 11.4 Å². The Morgan fingerprint density at radius 1 is 1.31 bits per heavy atom. The van der Waals surface area contributed by atoms with E-state index < -0.39 is 0 Å². The van der Waals surface area contributed by atoms with Crippen LogP contribution in [0.4, 0.5) is 5.69 Å². The summed E-state index contributed by atoms with van der Waals surface area (Å²) in [6, 6.07) is 13.3. The van der Waals surface area contributed by atoms with Crippen LogP contribution < -0.4 is 10.1 Å². The fourth-order valence-electron chi connectivity index (χ4n) is 4.48. The fourth-order valence-corrected chi connectivity index (χ4v) is 4.48. The maximum atomic E-state index is 13.2. The van der Waals surface area contributed by atoms with Crippen LogP contribution in [0.1, 0.15) is 36.2 Å². The highest BCUT2D eigenvalue weighted by Crippen LogP contribution is 2.35. The number of hydrogen-bond acceptors (Lipinski definition) is 5. The highest BCUT2D eigenvalue weighted by Gasteiger charge is 2.41. The van der Waals surface area contributed by atoms with Crippen molar-refractivity contribution in [3.05, 3.63) is 66.0 Å². The molecule has 0 saturated carbocycles. The Morgan fingerprint density at radius 3 is 2.88 bits per heavy atom. The van der Waals surface area contributed by atoms with Gasteiger partial charge in [-0.25, -0.2) is 0 Å². The van der Waals surface area contributed by atoms with Gasteiger partial charge in [0.05, 0.1) is 13.3 Å². The van der Waals surface area contributed by atoms with E-state index in [1.807, 2.05) is 47.5 Å². The summed E-state index contributed by atoms with van der Waals surface area (Å²) < 4.78 is 5.28. The molecule has 3 N–H and O–H groups in total. The molecule has 2 heterocycles. The van der Waals surface area contributed by atoms with Crippen LogP contribution in [-0.4, -0.2) is 53.0 Å². The molecule has 1 aliphatic rings. The number of likely N-dealkylation sites (tertiary alicyclic amines) is 1. The average molecular weight is 432 g/mol. The first kappa shape index (κ1) is 21.6. The number of hydrogen-bond donors (Lipinski definition) is 3. The number of H-pyrrole nitrogens is 1. The zero-order chi connectivity index (χ0) is 22.7. The number of carbonyl (C=O) groups is 1. The summed E-state index contributed by atoms with van der Waals surface area (Å²) >= 11 is 0. The second kappa shape index (κ2) is 8.86. The molecule has 1 saturated heterocycles. The third kappa shape index (κ3) is 4.37. The Balaban J connectivity index is 1.44. The second-order valence-corrected chi connectivity index (χ2v) is 8.84. The number of methoxy groups -OCH3 is 1. The molecule has 1 aromatic heterocycles.